The normalized spacial score (nSPS) is 22.7. The minimum Gasteiger partial charge on any atom is -0.489 e. The largest absolute Gasteiger partial charge is 0.489 e. The van der Waals surface area contributed by atoms with Crippen LogP contribution in [-0.2, 0) is 5.41 Å². The molecule has 4 rings (SSSR count). The van der Waals surface area contributed by atoms with E-state index >= 15 is 0 Å². The summed E-state index contributed by atoms with van der Waals surface area (Å²) in [5.74, 6) is 0.618. The fourth-order valence-electron chi connectivity index (χ4n) is 4.75. The third kappa shape index (κ3) is 3.91. The fraction of sp³-hybridized carbons (Fsp3) is 0.375. The lowest BCUT2D eigenvalue weighted by atomic mass is 9.64. The maximum atomic E-state index is 12.1. The van der Waals surface area contributed by atoms with Crippen LogP contribution in [0.3, 0.4) is 0 Å². The Balaban J connectivity index is 1.57. The number of nitrogens with two attached hydrogens (primary N) is 1. The molecule has 0 amide bonds. The van der Waals surface area contributed by atoms with Gasteiger partial charge in [-0.1, -0.05) is 48.9 Å². The number of rotatable bonds is 5. The highest BCUT2D eigenvalue weighted by atomic mass is 79.9. The van der Waals surface area contributed by atoms with Crippen molar-refractivity contribution >= 4 is 38.3 Å². The van der Waals surface area contributed by atoms with Crippen LogP contribution in [0.25, 0.3) is 10.8 Å². The smallest absolute Gasteiger partial charge is 0.255 e. The van der Waals surface area contributed by atoms with Crippen molar-refractivity contribution in [2.24, 2.45) is 5.73 Å². The maximum absolute atomic E-state index is 12.1. The molecule has 1 aliphatic rings. The van der Waals surface area contributed by atoms with Gasteiger partial charge in [-0.25, -0.2) is 0 Å². The summed E-state index contributed by atoms with van der Waals surface area (Å²) in [5.41, 5.74) is 7.77. The summed E-state index contributed by atoms with van der Waals surface area (Å²) in [6.45, 7) is 2.16. The van der Waals surface area contributed by atoms with Crippen LogP contribution in [0.2, 0.25) is 5.02 Å². The Morgan fingerprint density at radius 3 is 2.60 bits per heavy atom. The molecule has 0 unspecified atom stereocenters. The Morgan fingerprint density at radius 2 is 1.93 bits per heavy atom. The molecule has 0 spiro atoms. The van der Waals surface area contributed by atoms with Crippen LogP contribution < -0.4 is 16.0 Å². The Morgan fingerprint density at radius 1 is 1.23 bits per heavy atom. The summed E-state index contributed by atoms with van der Waals surface area (Å²) in [6, 6.07) is 14.3. The second-order valence-electron chi connectivity index (χ2n) is 8.15. The van der Waals surface area contributed by atoms with Gasteiger partial charge in [0.2, 0.25) is 0 Å². The predicted octanol–water partition coefficient (Wildman–Crippen LogP) is 5.94. The predicted molar refractivity (Wildman–Crippen MR) is 127 cm³/mol. The lowest BCUT2D eigenvalue weighted by Crippen LogP contribution is -2.48. The zero-order valence-electron chi connectivity index (χ0n) is 17.0. The van der Waals surface area contributed by atoms with Gasteiger partial charge in [0.25, 0.3) is 5.56 Å². The number of aromatic amines is 1. The van der Waals surface area contributed by atoms with Crippen molar-refractivity contribution in [1.29, 1.82) is 0 Å². The highest BCUT2D eigenvalue weighted by molar-refractivity contribution is 9.10. The Bertz CT molecular complexity index is 1090. The Kier molecular flexibility index (Phi) is 6.24. The molecule has 0 radical (unpaired) electrons. The van der Waals surface area contributed by atoms with E-state index in [0.29, 0.717) is 16.2 Å². The quantitative estimate of drug-likeness (QED) is 0.466. The summed E-state index contributed by atoms with van der Waals surface area (Å²) in [4.78, 5) is 14.8. The molecule has 0 aliphatic heterocycles. The van der Waals surface area contributed by atoms with Gasteiger partial charge in [0.05, 0.1) is 11.1 Å². The molecule has 1 fully saturated rings. The van der Waals surface area contributed by atoms with E-state index in [2.05, 4.69) is 52.1 Å². The average Bonchev–Trinajstić information content (AvgIpc) is 2.78. The number of benzene rings is 2. The first-order valence-electron chi connectivity index (χ1n) is 10.4. The molecule has 4 nitrogen and oxygen atoms in total. The van der Waals surface area contributed by atoms with E-state index in [4.69, 9.17) is 22.1 Å². The SMILES string of the molecule is CC[C@@H](N)[C@]1(c2ccccc2)CC[C@@H](Oc2cc3c(Br)c[nH]c(=O)c3cc2Cl)CC1. The van der Waals surface area contributed by atoms with Crippen molar-refractivity contribution in [3.05, 3.63) is 74.1 Å². The lowest BCUT2D eigenvalue weighted by Gasteiger charge is -2.44. The second-order valence-corrected chi connectivity index (χ2v) is 9.41. The Labute approximate surface area is 189 Å². The van der Waals surface area contributed by atoms with Crippen LogP contribution in [0, 0.1) is 0 Å². The van der Waals surface area contributed by atoms with Gasteiger partial charge < -0.3 is 15.5 Å². The minimum atomic E-state index is -0.166. The molecule has 3 aromatic rings. The molecule has 2 aromatic carbocycles. The molecule has 1 aromatic heterocycles. The number of hydrogen-bond donors (Lipinski definition) is 2. The van der Waals surface area contributed by atoms with Crippen molar-refractivity contribution in [2.45, 2.75) is 56.6 Å². The van der Waals surface area contributed by atoms with Gasteiger partial charge in [0.15, 0.2) is 0 Å². The van der Waals surface area contributed by atoms with Gasteiger partial charge in [-0.05, 0) is 65.7 Å². The maximum Gasteiger partial charge on any atom is 0.255 e. The first-order chi connectivity index (χ1) is 14.4. The number of nitrogens with one attached hydrogen (secondary N) is 1. The zero-order chi connectivity index (χ0) is 21.3. The highest BCUT2D eigenvalue weighted by Gasteiger charge is 2.41. The Hall–Kier alpha value is -1.82. The minimum absolute atomic E-state index is 0.0145. The van der Waals surface area contributed by atoms with E-state index in [1.54, 1.807) is 12.3 Å². The van der Waals surface area contributed by atoms with Gasteiger partial charge in [-0.15, -0.1) is 0 Å². The first-order valence-corrected chi connectivity index (χ1v) is 11.6. The topological polar surface area (TPSA) is 68.1 Å². The van der Waals surface area contributed by atoms with E-state index in [-0.39, 0.29) is 23.1 Å². The van der Waals surface area contributed by atoms with Gasteiger partial charge in [0.1, 0.15) is 5.75 Å². The molecular weight excluding hydrogens is 464 g/mol. The van der Waals surface area contributed by atoms with Crippen LogP contribution in [0.4, 0.5) is 0 Å². The number of halogens is 2. The summed E-state index contributed by atoms with van der Waals surface area (Å²) in [7, 11) is 0. The lowest BCUT2D eigenvalue weighted by molar-refractivity contribution is 0.104. The monoisotopic (exact) mass is 488 g/mol. The number of hydrogen-bond acceptors (Lipinski definition) is 3. The van der Waals surface area contributed by atoms with E-state index < -0.39 is 0 Å². The summed E-state index contributed by atoms with van der Waals surface area (Å²) in [5, 5.41) is 1.79. The van der Waals surface area contributed by atoms with Crippen LogP contribution in [-0.4, -0.2) is 17.1 Å². The van der Waals surface area contributed by atoms with E-state index in [1.807, 2.05) is 12.1 Å². The van der Waals surface area contributed by atoms with E-state index in [1.165, 1.54) is 5.56 Å². The zero-order valence-corrected chi connectivity index (χ0v) is 19.3. The van der Waals surface area contributed by atoms with Crippen LogP contribution >= 0.6 is 27.5 Å². The molecule has 0 bridgehead atoms. The van der Waals surface area contributed by atoms with Crippen molar-refractivity contribution in [2.75, 3.05) is 0 Å². The number of ether oxygens (including phenoxy) is 1. The standard InChI is InChI=1S/C24H26BrClN2O2/c1-2-22(27)24(15-6-4-3-5-7-15)10-8-16(9-11-24)30-21-13-17-18(12-20(21)26)23(29)28-14-19(17)25/h3-7,12-14,16,22H,2,8-11,27H2,1H3,(H,28,29)/t16-,22-,24-/m1/s1. The van der Waals surface area contributed by atoms with Gasteiger partial charge in [0, 0.05) is 32.9 Å². The van der Waals surface area contributed by atoms with Crippen molar-refractivity contribution < 1.29 is 4.74 Å². The third-order valence-electron chi connectivity index (χ3n) is 6.52. The van der Waals surface area contributed by atoms with Crippen molar-refractivity contribution in [1.82, 2.24) is 4.98 Å². The number of H-pyrrole nitrogens is 1. The molecule has 1 aliphatic carbocycles. The molecule has 1 heterocycles. The fourth-order valence-corrected chi connectivity index (χ4v) is 5.40. The van der Waals surface area contributed by atoms with Gasteiger partial charge in [-0.2, -0.15) is 0 Å². The molecule has 6 heteroatoms. The molecule has 1 atom stereocenters. The van der Waals surface area contributed by atoms with Crippen molar-refractivity contribution in [3.8, 4) is 5.75 Å². The van der Waals surface area contributed by atoms with E-state index in [9.17, 15) is 4.79 Å². The molecule has 158 valence electrons. The molecular formula is C24H26BrClN2O2. The number of fused-ring (bicyclic) bond motifs is 1. The molecule has 1 saturated carbocycles. The summed E-state index contributed by atoms with van der Waals surface area (Å²) in [6.07, 6.45) is 6.43. The number of pyridine rings is 1. The molecule has 30 heavy (non-hydrogen) atoms. The first kappa shape index (κ1) is 21.4. The third-order valence-corrected chi connectivity index (χ3v) is 7.47. The highest BCUT2D eigenvalue weighted by Crippen LogP contribution is 2.44. The van der Waals surface area contributed by atoms with Crippen LogP contribution in [0.5, 0.6) is 5.75 Å². The number of aromatic nitrogens is 1. The second kappa shape index (κ2) is 8.74. The van der Waals surface area contributed by atoms with E-state index in [0.717, 1.165) is 42.0 Å². The summed E-state index contributed by atoms with van der Waals surface area (Å²) >= 11 is 9.96. The van der Waals surface area contributed by atoms with Gasteiger partial charge in [-0.3, -0.25) is 4.79 Å². The average molecular weight is 490 g/mol. The van der Waals surface area contributed by atoms with Crippen LogP contribution in [0.15, 0.2) is 57.9 Å². The van der Waals surface area contributed by atoms with Crippen LogP contribution in [0.1, 0.15) is 44.6 Å². The van der Waals surface area contributed by atoms with Gasteiger partial charge >= 0.3 is 0 Å². The molecule has 3 N–H and O–H groups in total. The summed E-state index contributed by atoms with van der Waals surface area (Å²) < 4.78 is 7.13. The molecule has 0 saturated heterocycles. The van der Waals surface area contributed by atoms with Crippen molar-refractivity contribution in [3.63, 3.8) is 0 Å².